The Morgan fingerprint density at radius 1 is 1.20 bits per heavy atom. The van der Waals surface area contributed by atoms with Crippen LogP contribution < -0.4 is 9.47 Å². The van der Waals surface area contributed by atoms with E-state index < -0.39 is 0 Å². The molecule has 0 spiro atoms. The summed E-state index contributed by atoms with van der Waals surface area (Å²) in [5.41, 5.74) is 0. The van der Waals surface area contributed by atoms with E-state index in [1.807, 2.05) is 25.1 Å². The molecule has 0 atom stereocenters. The molecule has 82 valence electrons. The zero-order valence-corrected chi connectivity index (χ0v) is 9.16. The first-order valence-electron chi connectivity index (χ1n) is 5.08. The summed E-state index contributed by atoms with van der Waals surface area (Å²) in [4.78, 5) is 10.8. The average Bonchev–Trinajstić information content (AvgIpc) is 2.24. The van der Waals surface area contributed by atoms with Gasteiger partial charge in [0.25, 0.3) is 0 Å². The van der Waals surface area contributed by atoms with Gasteiger partial charge in [-0.25, -0.2) is 0 Å². The summed E-state index contributed by atoms with van der Waals surface area (Å²) >= 11 is 0. The number of para-hydroxylation sites is 2. The minimum absolute atomic E-state index is 0.000273. The van der Waals surface area contributed by atoms with E-state index in [-0.39, 0.29) is 12.4 Å². The lowest BCUT2D eigenvalue weighted by molar-refractivity contribution is -0.118. The van der Waals surface area contributed by atoms with Crippen molar-refractivity contribution in [1.29, 1.82) is 0 Å². The first-order chi connectivity index (χ1) is 7.24. The van der Waals surface area contributed by atoms with Gasteiger partial charge in [0.2, 0.25) is 0 Å². The Morgan fingerprint density at radius 2 is 1.80 bits per heavy atom. The van der Waals surface area contributed by atoms with E-state index in [4.69, 9.17) is 9.47 Å². The van der Waals surface area contributed by atoms with E-state index in [9.17, 15) is 4.79 Å². The quantitative estimate of drug-likeness (QED) is 0.720. The molecule has 3 heteroatoms. The number of hydrogen-bond donors (Lipinski definition) is 0. The van der Waals surface area contributed by atoms with Crippen LogP contribution in [-0.4, -0.2) is 19.0 Å². The number of carbonyl (C=O) groups excluding carboxylic acids is 1. The summed E-state index contributed by atoms with van der Waals surface area (Å²) in [6, 6.07) is 7.37. The Morgan fingerprint density at radius 3 is 2.33 bits per heavy atom. The molecule has 0 radical (unpaired) electrons. The Hall–Kier alpha value is -1.51. The predicted molar refractivity (Wildman–Crippen MR) is 58.4 cm³/mol. The van der Waals surface area contributed by atoms with Crippen molar-refractivity contribution in [2.75, 3.05) is 13.2 Å². The van der Waals surface area contributed by atoms with Gasteiger partial charge in [0.1, 0.15) is 6.61 Å². The van der Waals surface area contributed by atoms with Crippen LogP contribution in [0.3, 0.4) is 0 Å². The van der Waals surface area contributed by atoms with Crippen molar-refractivity contribution in [2.45, 2.75) is 20.3 Å². The molecule has 1 aromatic carbocycles. The molecule has 0 bridgehead atoms. The second-order valence-electron chi connectivity index (χ2n) is 3.29. The molecule has 0 unspecified atom stereocenters. The van der Waals surface area contributed by atoms with Crippen LogP contribution in [-0.2, 0) is 4.79 Å². The van der Waals surface area contributed by atoms with Gasteiger partial charge < -0.3 is 9.47 Å². The number of Topliss-reactive ketones (excluding diaryl/α,β-unsaturated/α-hetero) is 1. The number of ketones is 1. The molecular formula is C12H16O3. The van der Waals surface area contributed by atoms with Gasteiger partial charge in [-0.3, -0.25) is 4.79 Å². The van der Waals surface area contributed by atoms with E-state index in [1.165, 1.54) is 6.92 Å². The minimum atomic E-state index is 0.000273. The molecular weight excluding hydrogens is 192 g/mol. The molecule has 0 heterocycles. The van der Waals surface area contributed by atoms with Crippen LogP contribution in [0.4, 0.5) is 0 Å². The fourth-order valence-corrected chi connectivity index (χ4v) is 1.08. The number of hydrogen-bond acceptors (Lipinski definition) is 3. The molecule has 0 fully saturated rings. The summed E-state index contributed by atoms with van der Waals surface area (Å²) in [6.07, 6.45) is 0.945. The van der Waals surface area contributed by atoms with Crippen molar-refractivity contribution in [1.82, 2.24) is 0 Å². The van der Waals surface area contributed by atoms with E-state index in [0.29, 0.717) is 18.1 Å². The first-order valence-corrected chi connectivity index (χ1v) is 5.08. The first kappa shape index (κ1) is 11.6. The fraction of sp³-hybridized carbons (Fsp3) is 0.417. The minimum Gasteiger partial charge on any atom is -0.490 e. The number of rotatable bonds is 6. The SMILES string of the molecule is CCCOc1ccccc1OCC(C)=O. The highest BCUT2D eigenvalue weighted by molar-refractivity contribution is 5.77. The van der Waals surface area contributed by atoms with Gasteiger partial charge in [-0.1, -0.05) is 19.1 Å². The van der Waals surface area contributed by atoms with Gasteiger partial charge in [-0.15, -0.1) is 0 Å². The number of carbonyl (C=O) groups is 1. The lowest BCUT2D eigenvalue weighted by Gasteiger charge is -2.10. The lowest BCUT2D eigenvalue weighted by Crippen LogP contribution is -2.07. The van der Waals surface area contributed by atoms with Crippen molar-refractivity contribution in [3.05, 3.63) is 24.3 Å². The summed E-state index contributed by atoms with van der Waals surface area (Å²) in [7, 11) is 0. The molecule has 0 aliphatic carbocycles. The second-order valence-corrected chi connectivity index (χ2v) is 3.29. The van der Waals surface area contributed by atoms with Crippen LogP contribution >= 0.6 is 0 Å². The standard InChI is InChI=1S/C12H16O3/c1-3-8-14-11-6-4-5-7-12(11)15-9-10(2)13/h4-7H,3,8-9H2,1-2H3. The highest BCUT2D eigenvalue weighted by Gasteiger charge is 2.04. The molecule has 15 heavy (non-hydrogen) atoms. The molecule has 0 saturated carbocycles. The largest absolute Gasteiger partial charge is 0.490 e. The summed E-state index contributed by atoms with van der Waals surface area (Å²) in [5.74, 6) is 1.32. The Bertz CT molecular complexity index is 320. The predicted octanol–water partition coefficient (Wildman–Crippen LogP) is 2.44. The van der Waals surface area contributed by atoms with Crippen LogP contribution in [0.15, 0.2) is 24.3 Å². The monoisotopic (exact) mass is 208 g/mol. The third-order valence-electron chi connectivity index (χ3n) is 1.74. The molecule has 3 nitrogen and oxygen atoms in total. The Labute approximate surface area is 90.0 Å². The van der Waals surface area contributed by atoms with Gasteiger partial charge in [0, 0.05) is 0 Å². The van der Waals surface area contributed by atoms with Crippen molar-refractivity contribution < 1.29 is 14.3 Å². The number of ether oxygens (including phenoxy) is 2. The van der Waals surface area contributed by atoms with Crippen LogP contribution in [0.1, 0.15) is 20.3 Å². The molecule has 0 aliphatic heterocycles. The molecule has 1 aromatic rings. The smallest absolute Gasteiger partial charge is 0.167 e. The van der Waals surface area contributed by atoms with Crippen molar-refractivity contribution in [3.8, 4) is 11.5 Å². The summed E-state index contributed by atoms with van der Waals surface area (Å²) in [6.45, 7) is 4.28. The highest BCUT2D eigenvalue weighted by atomic mass is 16.5. The molecule has 0 saturated heterocycles. The van der Waals surface area contributed by atoms with Crippen molar-refractivity contribution >= 4 is 5.78 Å². The van der Waals surface area contributed by atoms with Gasteiger partial charge >= 0.3 is 0 Å². The van der Waals surface area contributed by atoms with Gasteiger partial charge in [-0.2, -0.15) is 0 Å². The summed E-state index contributed by atoms with van der Waals surface area (Å²) < 4.78 is 10.8. The molecule has 0 aromatic heterocycles. The molecule has 0 aliphatic rings. The van der Waals surface area contributed by atoms with Gasteiger partial charge in [0.05, 0.1) is 6.61 Å². The topological polar surface area (TPSA) is 35.5 Å². The summed E-state index contributed by atoms with van der Waals surface area (Å²) in [5, 5.41) is 0. The van der Waals surface area contributed by atoms with Crippen LogP contribution in [0.2, 0.25) is 0 Å². The maximum atomic E-state index is 10.8. The van der Waals surface area contributed by atoms with Crippen molar-refractivity contribution in [3.63, 3.8) is 0 Å². The van der Waals surface area contributed by atoms with Crippen LogP contribution in [0, 0.1) is 0 Å². The number of benzene rings is 1. The van der Waals surface area contributed by atoms with Gasteiger partial charge in [-0.05, 0) is 25.5 Å². The molecule has 0 N–H and O–H groups in total. The van der Waals surface area contributed by atoms with E-state index in [0.717, 1.165) is 6.42 Å². The molecule has 1 rings (SSSR count). The Balaban J connectivity index is 2.63. The van der Waals surface area contributed by atoms with E-state index in [1.54, 1.807) is 6.07 Å². The lowest BCUT2D eigenvalue weighted by atomic mass is 10.3. The molecule has 0 amide bonds. The third kappa shape index (κ3) is 4.02. The van der Waals surface area contributed by atoms with Crippen LogP contribution in [0.5, 0.6) is 11.5 Å². The third-order valence-corrected chi connectivity index (χ3v) is 1.74. The highest BCUT2D eigenvalue weighted by Crippen LogP contribution is 2.26. The van der Waals surface area contributed by atoms with Crippen molar-refractivity contribution in [2.24, 2.45) is 0 Å². The second kappa shape index (κ2) is 6.06. The average molecular weight is 208 g/mol. The zero-order valence-electron chi connectivity index (χ0n) is 9.16. The fourth-order valence-electron chi connectivity index (χ4n) is 1.08. The van der Waals surface area contributed by atoms with Gasteiger partial charge in [0.15, 0.2) is 17.3 Å². The Kier molecular flexibility index (Phi) is 4.68. The normalized spacial score (nSPS) is 9.73. The van der Waals surface area contributed by atoms with Crippen LogP contribution in [0.25, 0.3) is 0 Å². The maximum Gasteiger partial charge on any atom is 0.167 e. The zero-order chi connectivity index (χ0) is 11.1. The maximum absolute atomic E-state index is 10.8. The van der Waals surface area contributed by atoms with E-state index in [2.05, 4.69) is 0 Å². The van der Waals surface area contributed by atoms with E-state index >= 15 is 0 Å².